The van der Waals surface area contributed by atoms with Crippen LogP contribution in [0.3, 0.4) is 0 Å². The smallest absolute Gasteiger partial charge is 0.320 e. The van der Waals surface area contributed by atoms with E-state index in [9.17, 15) is 9.59 Å². The molecular weight excluding hydrogens is 280 g/mol. The van der Waals surface area contributed by atoms with E-state index in [1.807, 2.05) is 9.80 Å². The number of nitrogens with one attached hydrogen (secondary N) is 2. The van der Waals surface area contributed by atoms with Gasteiger partial charge in [-0.1, -0.05) is 0 Å². The first-order valence-corrected chi connectivity index (χ1v) is 8.79. The Morgan fingerprint density at radius 2 is 1.77 bits per heavy atom. The summed E-state index contributed by atoms with van der Waals surface area (Å²) in [5.74, 6) is 0.0781. The van der Waals surface area contributed by atoms with Gasteiger partial charge in [0.25, 0.3) is 0 Å². The minimum Gasteiger partial charge on any atom is -0.354 e. The van der Waals surface area contributed by atoms with E-state index in [-0.39, 0.29) is 17.9 Å². The lowest BCUT2D eigenvalue weighted by Crippen LogP contribution is -2.50. The maximum absolute atomic E-state index is 12.4. The van der Waals surface area contributed by atoms with Crippen LogP contribution in [0.1, 0.15) is 38.5 Å². The van der Waals surface area contributed by atoms with Gasteiger partial charge in [-0.3, -0.25) is 4.79 Å². The van der Waals surface area contributed by atoms with E-state index in [0.717, 1.165) is 64.8 Å². The molecule has 3 heterocycles. The van der Waals surface area contributed by atoms with Crippen LogP contribution in [-0.2, 0) is 4.79 Å². The van der Waals surface area contributed by atoms with E-state index in [0.29, 0.717) is 12.6 Å². The SMILES string of the molecule is O=C(NCC1CCCN1)C1CCCN(C(=O)N2CCCC2)C1. The van der Waals surface area contributed by atoms with Crippen LogP contribution < -0.4 is 10.6 Å². The molecule has 0 aromatic rings. The van der Waals surface area contributed by atoms with Gasteiger partial charge >= 0.3 is 6.03 Å². The number of piperidine rings is 1. The fourth-order valence-electron chi connectivity index (χ4n) is 3.77. The summed E-state index contributed by atoms with van der Waals surface area (Å²) in [5, 5.41) is 6.46. The maximum Gasteiger partial charge on any atom is 0.320 e. The normalized spacial score (nSPS) is 28.9. The molecule has 0 radical (unpaired) electrons. The van der Waals surface area contributed by atoms with E-state index >= 15 is 0 Å². The van der Waals surface area contributed by atoms with Gasteiger partial charge in [0.2, 0.25) is 5.91 Å². The molecule has 0 spiro atoms. The third-order valence-corrected chi connectivity index (χ3v) is 5.12. The quantitative estimate of drug-likeness (QED) is 0.810. The molecule has 22 heavy (non-hydrogen) atoms. The van der Waals surface area contributed by atoms with Crippen LogP contribution in [0.5, 0.6) is 0 Å². The molecule has 3 fully saturated rings. The van der Waals surface area contributed by atoms with Gasteiger partial charge in [-0.05, 0) is 45.1 Å². The lowest BCUT2D eigenvalue weighted by atomic mass is 9.97. The Hall–Kier alpha value is -1.30. The molecule has 3 rings (SSSR count). The van der Waals surface area contributed by atoms with Gasteiger partial charge < -0.3 is 20.4 Å². The standard InChI is InChI=1S/C16H28N4O2/c21-15(18-11-14-6-3-7-17-14)13-5-4-10-20(12-13)16(22)19-8-1-2-9-19/h13-14,17H,1-12H2,(H,18,21). The van der Waals surface area contributed by atoms with Crippen molar-refractivity contribution in [3.63, 3.8) is 0 Å². The third kappa shape index (κ3) is 3.72. The molecule has 0 saturated carbocycles. The van der Waals surface area contributed by atoms with Crippen molar-refractivity contribution in [2.75, 3.05) is 39.3 Å². The number of hydrogen-bond donors (Lipinski definition) is 2. The van der Waals surface area contributed by atoms with Crippen LogP contribution in [0.15, 0.2) is 0 Å². The highest BCUT2D eigenvalue weighted by molar-refractivity contribution is 5.81. The van der Waals surface area contributed by atoms with E-state index in [1.165, 1.54) is 6.42 Å². The Morgan fingerprint density at radius 3 is 2.50 bits per heavy atom. The molecule has 0 aliphatic carbocycles. The number of rotatable bonds is 3. The van der Waals surface area contributed by atoms with Crippen molar-refractivity contribution in [3.05, 3.63) is 0 Å². The Kier molecular flexibility index (Phi) is 5.18. The van der Waals surface area contributed by atoms with E-state index in [4.69, 9.17) is 0 Å². The van der Waals surface area contributed by atoms with Gasteiger partial charge in [0, 0.05) is 38.8 Å². The van der Waals surface area contributed by atoms with Crippen molar-refractivity contribution in [2.45, 2.75) is 44.6 Å². The van der Waals surface area contributed by atoms with Gasteiger partial charge in [0.15, 0.2) is 0 Å². The zero-order valence-corrected chi connectivity index (χ0v) is 13.4. The average Bonchev–Trinajstić information content (AvgIpc) is 3.25. The molecule has 3 aliphatic heterocycles. The predicted molar refractivity (Wildman–Crippen MR) is 84.5 cm³/mol. The van der Waals surface area contributed by atoms with Gasteiger partial charge in [-0.15, -0.1) is 0 Å². The minimum absolute atomic E-state index is 0.0401. The van der Waals surface area contributed by atoms with E-state index in [1.54, 1.807) is 0 Å². The van der Waals surface area contributed by atoms with Gasteiger partial charge in [0.1, 0.15) is 0 Å². The summed E-state index contributed by atoms with van der Waals surface area (Å²) in [6.45, 7) is 4.90. The zero-order chi connectivity index (χ0) is 15.4. The molecule has 2 unspecified atom stereocenters. The zero-order valence-electron chi connectivity index (χ0n) is 13.4. The highest BCUT2D eigenvalue weighted by Crippen LogP contribution is 2.20. The Morgan fingerprint density at radius 1 is 1.00 bits per heavy atom. The molecule has 2 atom stereocenters. The predicted octanol–water partition coefficient (Wildman–Crippen LogP) is 0.782. The van der Waals surface area contributed by atoms with Crippen LogP contribution >= 0.6 is 0 Å². The Balaban J connectivity index is 1.46. The number of hydrogen-bond acceptors (Lipinski definition) is 3. The summed E-state index contributed by atoms with van der Waals surface area (Å²) < 4.78 is 0. The maximum atomic E-state index is 12.4. The van der Waals surface area contributed by atoms with Crippen molar-refractivity contribution in [3.8, 4) is 0 Å². The van der Waals surface area contributed by atoms with Crippen molar-refractivity contribution >= 4 is 11.9 Å². The average molecular weight is 308 g/mol. The van der Waals surface area contributed by atoms with Crippen molar-refractivity contribution in [1.82, 2.24) is 20.4 Å². The second kappa shape index (κ2) is 7.31. The number of likely N-dealkylation sites (tertiary alicyclic amines) is 2. The molecule has 6 nitrogen and oxygen atoms in total. The molecule has 124 valence electrons. The first-order valence-electron chi connectivity index (χ1n) is 8.79. The van der Waals surface area contributed by atoms with Crippen molar-refractivity contribution in [1.29, 1.82) is 0 Å². The fraction of sp³-hybridized carbons (Fsp3) is 0.875. The summed E-state index contributed by atoms with van der Waals surface area (Å²) in [5.41, 5.74) is 0. The Bertz CT molecular complexity index is 403. The molecule has 2 N–H and O–H groups in total. The van der Waals surface area contributed by atoms with E-state index in [2.05, 4.69) is 10.6 Å². The van der Waals surface area contributed by atoms with Gasteiger partial charge in [0.05, 0.1) is 5.92 Å². The van der Waals surface area contributed by atoms with Crippen LogP contribution in [-0.4, -0.2) is 67.0 Å². The van der Waals surface area contributed by atoms with Gasteiger partial charge in [-0.25, -0.2) is 4.79 Å². The second-order valence-corrected chi connectivity index (χ2v) is 6.80. The van der Waals surface area contributed by atoms with E-state index < -0.39 is 0 Å². The minimum atomic E-state index is -0.0401. The third-order valence-electron chi connectivity index (χ3n) is 5.12. The lowest BCUT2D eigenvalue weighted by Gasteiger charge is -2.34. The summed E-state index contributed by atoms with van der Waals surface area (Å²) >= 11 is 0. The number of nitrogens with zero attached hydrogens (tertiary/aromatic N) is 2. The topological polar surface area (TPSA) is 64.7 Å². The lowest BCUT2D eigenvalue weighted by molar-refractivity contribution is -0.126. The van der Waals surface area contributed by atoms with Gasteiger partial charge in [-0.2, -0.15) is 0 Å². The first kappa shape index (κ1) is 15.6. The number of urea groups is 1. The van der Waals surface area contributed by atoms with Crippen LogP contribution in [0, 0.1) is 5.92 Å². The summed E-state index contributed by atoms with van der Waals surface area (Å²) in [6, 6.07) is 0.558. The van der Waals surface area contributed by atoms with Crippen LogP contribution in [0.25, 0.3) is 0 Å². The highest BCUT2D eigenvalue weighted by atomic mass is 16.2. The molecule has 0 aromatic carbocycles. The van der Waals surface area contributed by atoms with Crippen molar-refractivity contribution in [2.24, 2.45) is 5.92 Å². The van der Waals surface area contributed by atoms with Crippen LogP contribution in [0.2, 0.25) is 0 Å². The fourth-order valence-corrected chi connectivity index (χ4v) is 3.77. The number of amides is 3. The molecular formula is C16H28N4O2. The molecule has 3 aliphatic rings. The summed E-state index contributed by atoms with van der Waals surface area (Å²) in [6.07, 6.45) is 6.38. The monoisotopic (exact) mass is 308 g/mol. The highest BCUT2D eigenvalue weighted by Gasteiger charge is 2.31. The molecule has 0 aromatic heterocycles. The molecule has 6 heteroatoms. The largest absolute Gasteiger partial charge is 0.354 e. The van der Waals surface area contributed by atoms with Crippen molar-refractivity contribution < 1.29 is 9.59 Å². The summed E-state index contributed by atoms with van der Waals surface area (Å²) in [7, 11) is 0. The summed E-state index contributed by atoms with van der Waals surface area (Å²) in [4.78, 5) is 28.6. The number of carbonyl (C=O) groups excluding carboxylic acids is 2. The molecule has 3 amide bonds. The molecule has 0 bridgehead atoms. The second-order valence-electron chi connectivity index (χ2n) is 6.80. The first-order chi connectivity index (χ1) is 10.7. The van der Waals surface area contributed by atoms with Crippen LogP contribution in [0.4, 0.5) is 4.79 Å². The Labute approximate surface area is 132 Å². The molecule has 3 saturated heterocycles. The number of carbonyl (C=O) groups is 2.